The predicted molar refractivity (Wildman–Crippen MR) is 84.7 cm³/mol. The normalized spacial score (nSPS) is 36.8. The van der Waals surface area contributed by atoms with Crippen molar-refractivity contribution in [1.29, 1.82) is 0 Å². The molecule has 4 rings (SSSR count). The fraction of sp³-hybridized carbons (Fsp3) is 0.706. The van der Waals surface area contributed by atoms with Crippen LogP contribution in [0.2, 0.25) is 0 Å². The highest BCUT2D eigenvalue weighted by Gasteiger charge is 2.67. The maximum atomic E-state index is 12.9. The molecule has 0 saturated carbocycles. The molecule has 25 heavy (non-hydrogen) atoms. The van der Waals surface area contributed by atoms with Gasteiger partial charge in [0.15, 0.2) is 0 Å². The number of carbonyl (C=O) groups is 3. The molecule has 0 radical (unpaired) electrons. The van der Waals surface area contributed by atoms with Crippen LogP contribution in [0.3, 0.4) is 0 Å². The summed E-state index contributed by atoms with van der Waals surface area (Å²) in [7, 11) is 0. The topological polar surface area (TPSA) is 96.4 Å². The zero-order valence-corrected chi connectivity index (χ0v) is 14.1. The van der Waals surface area contributed by atoms with Gasteiger partial charge in [-0.1, -0.05) is 12.2 Å². The lowest BCUT2D eigenvalue weighted by atomic mass is 9.77. The van der Waals surface area contributed by atoms with Crippen LogP contribution in [-0.2, 0) is 19.1 Å². The average molecular weight is 350 g/mol. The van der Waals surface area contributed by atoms with Crippen molar-refractivity contribution < 1.29 is 29.0 Å². The van der Waals surface area contributed by atoms with E-state index >= 15 is 0 Å². The molecule has 3 fully saturated rings. The van der Waals surface area contributed by atoms with Gasteiger partial charge in [-0.25, -0.2) is 4.79 Å². The average Bonchev–Trinajstić information content (AvgIpc) is 3.23. The van der Waals surface area contributed by atoms with Gasteiger partial charge in [0.05, 0.1) is 25.2 Å². The molecule has 2 amide bonds. The minimum atomic E-state index is -0.978. The van der Waals surface area contributed by atoms with Crippen molar-refractivity contribution in [2.24, 2.45) is 11.8 Å². The molecule has 136 valence electrons. The summed E-state index contributed by atoms with van der Waals surface area (Å²) in [4.78, 5) is 39.8. The second-order valence-electron chi connectivity index (χ2n) is 7.12. The van der Waals surface area contributed by atoms with Crippen molar-refractivity contribution in [3.8, 4) is 0 Å². The molecule has 4 aliphatic rings. The van der Waals surface area contributed by atoms with Crippen molar-refractivity contribution in [3.05, 3.63) is 12.2 Å². The number of likely N-dealkylation sites (tertiary alicyclic amines) is 2. The zero-order chi connectivity index (χ0) is 17.8. The lowest BCUT2D eigenvalue weighted by Crippen LogP contribution is -2.48. The van der Waals surface area contributed by atoms with E-state index in [1.165, 1.54) is 0 Å². The van der Waals surface area contributed by atoms with E-state index in [2.05, 4.69) is 0 Å². The van der Waals surface area contributed by atoms with E-state index in [0.717, 1.165) is 0 Å². The van der Waals surface area contributed by atoms with E-state index in [-0.39, 0.29) is 18.0 Å². The highest BCUT2D eigenvalue weighted by molar-refractivity contribution is 5.91. The van der Waals surface area contributed by atoms with Gasteiger partial charge in [-0.05, 0) is 19.8 Å². The summed E-state index contributed by atoms with van der Waals surface area (Å²) in [5, 5.41) is 9.50. The number of piperidine rings is 1. The number of carbonyl (C=O) groups excluding carboxylic acids is 2. The molecule has 2 bridgehead atoms. The number of hydrogen-bond acceptors (Lipinski definition) is 5. The maximum Gasteiger partial charge on any atom is 0.409 e. The molecule has 1 N–H and O–H groups in total. The Morgan fingerprint density at radius 2 is 2.12 bits per heavy atom. The first-order valence-corrected chi connectivity index (χ1v) is 8.79. The Balaban J connectivity index is 1.46. The van der Waals surface area contributed by atoms with Gasteiger partial charge < -0.3 is 24.4 Å². The molecular formula is C17H22N2O6. The highest BCUT2D eigenvalue weighted by Crippen LogP contribution is 2.52. The molecule has 8 heteroatoms. The number of carboxylic acids is 1. The summed E-state index contributed by atoms with van der Waals surface area (Å²) in [6.07, 6.45) is 4.15. The molecule has 4 heterocycles. The number of amides is 2. The first-order chi connectivity index (χ1) is 12.0. The van der Waals surface area contributed by atoms with E-state index < -0.39 is 29.5 Å². The zero-order valence-electron chi connectivity index (χ0n) is 14.1. The Kier molecular flexibility index (Phi) is 3.75. The van der Waals surface area contributed by atoms with Crippen LogP contribution in [-0.4, -0.2) is 76.9 Å². The smallest absolute Gasteiger partial charge is 0.409 e. The van der Waals surface area contributed by atoms with Crippen LogP contribution in [0.5, 0.6) is 0 Å². The van der Waals surface area contributed by atoms with Crippen molar-refractivity contribution in [2.75, 3.05) is 26.2 Å². The van der Waals surface area contributed by atoms with Crippen LogP contribution in [0, 0.1) is 11.8 Å². The second kappa shape index (κ2) is 5.72. The Morgan fingerprint density at radius 3 is 2.76 bits per heavy atom. The van der Waals surface area contributed by atoms with E-state index in [1.807, 2.05) is 6.08 Å². The number of ether oxygens (including phenoxy) is 2. The third-order valence-electron chi connectivity index (χ3n) is 5.85. The Morgan fingerprint density at radius 1 is 1.40 bits per heavy atom. The van der Waals surface area contributed by atoms with Crippen molar-refractivity contribution in [1.82, 2.24) is 9.80 Å². The Bertz CT molecular complexity index is 641. The van der Waals surface area contributed by atoms with Crippen LogP contribution >= 0.6 is 0 Å². The van der Waals surface area contributed by atoms with Crippen LogP contribution in [0.4, 0.5) is 4.79 Å². The predicted octanol–water partition coefficient (Wildman–Crippen LogP) is 0.474. The summed E-state index contributed by atoms with van der Waals surface area (Å²) in [5.74, 6) is -2.55. The van der Waals surface area contributed by atoms with Gasteiger partial charge in [-0.3, -0.25) is 9.59 Å². The lowest BCUT2D eigenvalue weighted by Gasteiger charge is -2.37. The molecule has 0 aromatic carbocycles. The monoisotopic (exact) mass is 350 g/mol. The van der Waals surface area contributed by atoms with E-state index in [1.54, 1.807) is 22.8 Å². The van der Waals surface area contributed by atoms with Gasteiger partial charge in [0.25, 0.3) is 0 Å². The third kappa shape index (κ3) is 2.34. The van der Waals surface area contributed by atoms with Crippen molar-refractivity contribution >= 4 is 18.0 Å². The molecule has 0 aromatic rings. The molecule has 8 nitrogen and oxygen atoms in total. The van der Waals surface area contributed by atoms with Gasteiger partial charge in [-0.15, -0.1) is 0 Å². The van der Waals surface area contributed by atoms with Gasteiger partial charge in [0.2, 0.25) is 5.91 Å². The molecule has 2 unspecified atom stereocenters. The molecule has 0 aliphatic carbocycles. The molecule has 1 spiro atoms. The minimum Gasteiger partial charge on any atom is -0.481 e. The van der Waals surface area contributed by atoms with Crippen LogP contribution in [0.1, 0.15) is 19.8 Å². The van der Waals surface area contributed by atoms with Gasteiger partial charge >= 0.3 is 12.1 Å². The number of hydrogen-bond donors (Lipinski definition) is 1. The van der Waals surface area contributed by atoms with Crippen LogP contribution in [0.25, 0.3) is 0 Å². The second-order valence-corrected chi connectivity index (χ2v) is 7.12. The number of nitrogens with zero attached hydrogens (tertiary/aromatic N) is 2. The number of carboxylic acid groups (broad SMARTS) is 1. The number of rotatable bonds is 3. The molecule has 3 saturated heterocycles. The fourth-order valence-electron chi connectivity index (χ4n) is 4.69. The van der Waals surface area contributed by atoms with Gasteiger partial charge in [0.1, 0.15) is 11.5 Å². The Labute approximate surface area is 145 Å². The van der Waals surface area contributed by atoms with E-state index in [9.17, 15) is 19.5 Å². The SMILES string of the molecule is CCOC(=O)N1CCC(N2CC34C=C[C@@H](O3)C(C(=O)O)[C@@H]4C2=O)CC1. The van der Waals surface area contributed by atoms with E-state index in [0.29, 0.717) is 39.1 Å². The molecule has 4 atom stereocenters. The number of aliphatic carboxylic acids is 1. The first kappa shape index (κ1) is 16.4. The Hall–Kier alpha value is -2.09. The third-order valence-corrected chi connectivity index (χ3v) is 5.85. The minimum absolute atomic E-state index is 0.00338. The quantitative estimate of drug-likeness (QED) is 0.744. The first-order valence-electron chi connectivity index (χ1n) is 8.79. The highest BCUT2D eigenvalue weighted by atomic mass is 16.6. The standard InChI is InChI=1S/C17H22N2O6/c1-2-24-16(23)18-7-4-10(5-8-18)19-9-17-6-3-11(25-17)12(15(21)22)13(17)14(19)20/h3,6,10-13H,2,4-5,7-9H2,1H3,(H,21,22)/t11-,12?,13-,17?/m1/s1. The molecular weight excluding hydrogens is 328 g/mol. The summed E-state index contributed by atoms with van der Waals surface area (Å²) >= 11 is 0. The van der Waals surface area contributed by atoms with Gasteiger partial charge in [-0.2, -0.15) is 0 Å². The summed E-state index contributed by atoms with van der Waals surface area (Å²) < 4.78 is 10.9. The van der Waals surface area contributed by atoms with Gasteiger partial charge in [0, 0.05) is 19.1 Å². The van der Waals surface area contributed by atoms with E-state index in [4.69, 9.17) is 9.47 Å². The van der Waals surface area contributed by atoms with Crippen molar-refractivity contribution in [3.63, 3.8) is 0 Å². The molecule has 4 aliphatic heterocycles. The number of fused-ring (bicyclic) bond motifs is 1. The summed E-state index contributed by atoms with van der Waals surface area (Å²) in [5.41, 5.74) is -0.789. The maximum absolute atomic E-state index is 12.9. The lowest BCUT2D eigenvalue weighted by molar-refractivity contribution is -0.148. The van der Waals surface area contributed by atoms with Crippen LogP contribution in [0.15, 0.2) is 12.2 Å². The van der Waals surface area contributed by atoms with Crippen molar-refractivity contribution in [2.45, 2.75) is 37.5 Å². The largest absolute Gasteiger partial charge is 0.481 e. The summed E-state index contributed by atoms with van der Waals surface area (Å²) in [6.45, 7) is 3.58. The molecule has 0 aromatic heterocycles. The fourth-order valence-corrected chi connectivity index (χ4v) is 4.69. The van der Waals surface area contributed by atoms with Crippen LogP contribution < -0.4 is 0 Å². The summed E-state index contributed by atoms with van der Waals surface area (Å²) in [6, 6.07) is 0.00338.